The standard InChI is InChI=1S/C25H22F3N7O2/c1-13-5-4-6-20-23(13)35(24(37)34(20)11-21(36)30-12-25(26,27)28)19-8-7-17(31-14(19)2)16-9-29-10-18-22(16)15(3)32-33-18/h4-10H,11-12H2,1-3H3,(H,30,36)(H,32,33). The molecule has 0 unspecified atom stereocenters. The van der Waals surface area contributed by atoms with Crippen molar-refractivity contribution >= 4 is 27.8 Å². The van der Waals surface area contributed by atoms with Crippen molar-refractivity contribution in [2.45, 2.75) is 33.5 Å². The lowest BCUT2D eigenvalue weighted by Crippen LogP contribution is -2.38. The SMILES string of the molecule is Cc1nc(-c2cncc3[nH]nc(C)c23)ccc1-n1c(=O)n(CC(=O)NCC(F)(F)F)c2cccc(C)c21. The van der Waals surface area contributed by atoms with Crippen LogP contribution < -0.4 is 11.0 Å². The van der Waals surface area contributed by atoms with Crippen molar-refractivity contribution in [3.8, 4) is 16.9 Å². The van der Waals surface area contributed by atoms with Gasteiger partial charge in [-0.25, -0.2) is 4.79 Å². The topological polar surface area (TPSA) is 110 Å². The Morgan fingerprint density at radius 1 is 1.08 bits per heavy atom. The summed E-state index contributed by atoms with van der Waals surface area (Å²) < 4.78 is 40.3. The minimum Gasteiger partial charge on any atom is -0.345 e. The molecule has 0 aliphatic rings. The zero-order chi connectivity index (χ0) is 26.5. The van der Waals surface area contributed by atoms with Gasteiger partial charge in [-0.05, 0) is 44.5 Å². The van der Waals surface area contributed by atoms with E-state index in [-0.39, 0.29) is 0 Å². The number of aromatic amines is 1. The summed E-state index contributed by atoms with van der Waals surface area (Å²) in [7, 11) is 0. The summed E-state index contributed by atoms with van der Waals surface area (Å²) in [5, 5.41) is 9.89. The molecule has 0 atom stereocenters. The number of rotatable bonds is 5. The van der Waals surface area contributed by atoms with Gasteiger partial charge in [0.15, 0.2) is 0 Å². The lowest BCUT2D eigenvalue weighted by atomic mass is 10.1. The highest BCUT2D eigenvalue weighted by molar-refractivity contribution is 5.94. The number of para-hydroxylation sites is 1. The van der Waals surface area contributed by atoms with E-state index in [1.807, 2.05) is 25.2 Å². The van der Waals surface area contributed by atoms with E-state index >= 15 is 0 Å². The first kappa shape index (κ1) is 24.2. The van der Waals surface area contributed by atoms with Crippen molar-refractivity contribution in [2.24, 2.45) is 0 Å². The molecule has 190 valence electrons. The van der Waals surface area contributed by atoms with Crippen LogP contribution >= 0.6 is 0 Å². The van der Waals surface area contributed by atoms with Gasteiger partial charge in [0, 0.05) is 17.1 Å². The average molecular weight is 509 g/mol. The van der Waals surface area contributed by atoms with Gasteiger partial charge in [-0.3, -0.25) is 29.0 Å². The number of halogens is 3. The van der Waals surface area contributed by atoms with Crippen molar-refractivity contribution in [2.75, 3.05) is 6.54 Å². The number of carbonyl (C=O) groups excluding carboxylic acids is 1. The number of hydrogen-bond donors (Lipinski definition) is 2. The van der Waals surface area contributed by atoms with Crippen LogP contribution in [0, 0.1) is 20.8 Å². The molecule has 37 heavy (non-hydrogen) atoms. The molecule has 1 amide bonds. The number of alkyl halides is 3. The molecule has 4 aromatic heterocycles. The zero-order valence-corrected chi connectivity index (χ0v) is 20.1. The molecule has 0 spiro atoms. The van der Waals surface area contributed by atoms with E-state index in [4.69, 9.17) is 4.98 Å². The molecule has 0 aliphatic carbocycles. The molecule has 0 saturated carbocycles. The maximum atomic E-state index is 13.5. The third kappa shape index (κ3) is 4.34. The molecule has 0 saturated heterocycles. The van der Waals surface area contributed by atoms with Crippen molar-refractivity contribution in [3.05, 3.63) is 70.2 Å². The Morgan fingerprint density at radius 2 is 1.86 bits per heavy atom. The fourth-order valence-electron chi connectivity index (χ4n) is 4.52. The molecule has 5 aromatic rings. The van der Waals surface area contributed by atoms with Crippen LogP contribution in [-0.4, -0.2) is 47.9 Å². The Bertz CT molecular complexity index is 1730. The van der Waals surface area contributed by atoms with E-state index in [2.05, 4.69) is 15.2 Å². The Kier molecular flexibility index (Phi) is 5.81. The number of benzene rings is 1. The minimum atomic E-state index is -4.55. The first-order chi connectivity index (χ1) is 17.5. The number of amides is 1. The van der Waals surface area contributed by atoms with Crippen LogP contribution in [-0.2, 0) is 11.3 Å². The monoisotopic (exact) mass is 509 g/mol. The second-order valence-corrected chi connectivity index (χ2v) is 8.76. The second-order valence-electron chi connectivity index (χ2n) is 8.76. The number of pyridine rings is 2. The van der Waals surface area contributed by atoms with Crippen LogP contribution in [0.25, 0.3) is 38.9 Å². The van der Waals surface area contributed by atoms with Crippen LogP contribution in [0.5, 0.6) is 0 Å². The van der Waals surface area contributed by atoms with Crippen LogP contribution in [0.2, 0.25) is 0 Å². The first-order valence-corrected chi connectivity index (χ1v) is 11.4. The fourth-order valence-corrected chi connectivity index (χ4v) is 4.52. The van der Waals surface area contributed by atoms with Crippen molar-refractivity contribution in [1.82, 2.24) is 34.6 Å². The maximum absolute atomic E-state index is 13.5. The van der Waals surface area contributed by atoms with Gasteiger partial charge in [0.25, 0.3) is 0 Å². The number of imidazole rings is 1. The summed E-state index contributed by atoms with van der Waals surface area (Å²) in [6, 6.07) is 8.73. The number of hydrogen-bond acceptors (Lipinski definition) is 5. The Labute approximate surface area is 208 Å². The highest BCUT2D eigenvalue weighted by Gasteiger charge is 2.28. The number of nitrogens with zero attached hydrogens (tertiary/aromatic N) is 5. The van der Waals surface area contributed by atoms with Gasteiger partial charge in [0.1, 0.15) is 13.1 Å². The van der Waals surface area contributed by atoms with E-state index in [0.29, 0.717) is 28.1 Å². The maximum Gasteiger partial charge on any atom is 0.405 e. The Morgan fingerprint density at radius 3 is 2.59 bits per heavy atom. The molecule has 1 aromatic carbocycles. The third-order valence-electron chi connectivity index (χ3n) is 6.17. The van der Waals surface area contributed by atoms with Crippen LogP contribution in [0.4, 0.5) is 13.2 Å². The third-order valence-corrected chi connectivity index (χ3v) is 6.17. The van der Waals surface area contributed by atoms with E-state index in [1.165, 1.54) is 9.13 Å². The van der Waals surface area contributed by atoms with Gasteiger partial charge in [-0.1, -0.05) is 12.1 Å². The number of fused-ring (bicyclic) bond motifs is 2. The van der Waals surface area contributed by atoms with Crippen LogP contribution in [0.15, 0.2) is 47.5 Å². The van der Waals surface area contributed by atoms with Gasteiger partial charge >= 0.3 is 11.9 Å². The first-order valence-electron chi connectivity index (χ1n) is 11.4. The molecule has 0 aliphatic heterocycles. The lowest BCUT2D eigenvalue weighted by molar-refractivity contribution is -0.138. The highest BCUT2D eigenvalue weighted by Crippen LogP contribution is 2.30. The summed E-state index contributed by atoms with van der Waals surface area (Å²) in [6.07, 6.45) is -1.17. The summed E-state index contributed by atoms with van der Waals surface area (Å²) in [5.74, 6) is -0.916. The molecule has 2 N–H and O–H groups in total. The number of aromatic nitrogens is 6. The predicted octanol–water partition coefficient (Wildman–Crippen LogP) is 3.73. The predicted molar refractivity (Wildman–Crippen MR) is 131 cm³/mol. The Balaban J connectivity index is 1.61. The summed E-state index contributed by atoms with van der Waals surface area (Å²) in [5.41, 5.74) is 5.21. The Hall–Kier alpha value is -4.48. The molecule has 0 radical (unpaired) electrons. The number of carbonyl (C=O) groups is 1. The van der Waals surface area contributed by atoms with Crippen LogP contribution in [0.3, 0.4) is 0 Å². The summed E-state index contributed by atoms with van der Waals surface area (Å²) >= 11 is 0. The largest absolute Gasteiger partial charge is 0.405 e. The molecule has 5 rings (SSSR count). The van der Waals surface area contributed by atoms with E-state index in [0.717, 1.165) is 27.7 Å². The van der Waals surface area contributed by atoms with E-state index < -0.39 is 30.9 Å². The van der Waals surface area contributed by atoms with Crippen molar-refractivity contribution < 1.29 is 18.0 Å². The molecule has 0 fully saturated rings. The second kappa shape index (κ2) is 8.87. The zero-order valence-electron chi connectivity index (χ0n) is 20.1. The smallest absolute Gasteiger partial charge is 0.345 e. The average Bonchev–Trinajstić information content (AvgIpc) is 3.36. The van der Waals surface area contributed by atoms with Crippen molar-refractivity contribution in [3.63, 3.8) is 0 Å². The summed E-state index contributed by atoms with van der Waals surface area (Å²) in [6.45, 7) is 3.43. The van der Waals surface area contributed by atoms with E-state index in [9.17, 15) is 22.8 Å². The summed E-state index contributed by atoms with van der Waals surface area (Å²) in [4.78, 5) is 34.8. The molecule has 12 heteroatoms. The highest BCUT2D eigenvalue weighted by atomic mass is 19.4. The van der Waals surface area contributed by atoms with Gasteiger partial charge in [0.2, 0.25) is 5.91 Å². The van der Waals surface area contributed by atoms with Gasteiger partial charge in [0.05, 0.1) is 45.5 Å². The minimum absolute atomic E-state index is 0.429. The lowest BCUT2D eigenvalue weighted by Gasteiger charge is -2.11. The number of H-pyrrole nitrogens is 1. The quantitative estimate of drug-likeness (QED) is 0.375. The van der Waals surface area contributed by atoms with E-state index in [1.54, 1.807) is 43.6 Å². The molecule has 4 heterocycles. The van der Waals surface area contributed by atoms with Gasteiger partial charge in [-0.2, -0.15) is 18.3 Å². The van der Waals surface area contributed by atoms with Gasteiger partial charge < -0.3 is 5.32 Å². The normalized spacial score (nSPS) is 11.9. The van der Waals surface area contributed by atoms with Crippen LogP contribution in [0.1, 0.15) is 17.0 Å². The number of nitrogens with one attached hydrogen (secondary N) is 2. The molecule has 9 nitrogen and oxygen atoms in total. The number of aryl methyl sites for hydroxylation is 3. The van der Waals surface area contributed by atoms with Crippen molar-refractivity contribution in [1.29, 1.82) is 0 Å². The fraction of sp³-hybridized carbons (Fsp3) is 0.240. The molecule has 0 bridgehead atoms. The van der Waals surface area contributed by atoms with Gasteiger partial charge in [-0.15, -0.1) is 0 Å². The molecular weight excluding hydrogens is 487 g/mol. The molecular formula is C25H22F3N7O2.